The first-order valence-corrected chi connectivity index (χ1v) is 14.2. The Morgan fingerprint density at radius 3 is 2.63 bits per heavy atom. The van der Waals surface area contributed by atoms with E-state index in [2.05, 4.69) is 20.9 Å². The minimum atomic E-state index is -5.22. The second-order valence-electron chi connectivity index (χ2n) is 11.7. The average Bonchev–Trinajstić information content (AvgIpc) is 3.76. The van der Waals surface area contributed by atoms with Crippen LogP contribution in [0.5, 0.6) is 11.5 Å². The predicted molar refractivity (Wildman–Crippen MR) is 151 cm³/mol. The lowest BCUT2D eigenvalue weighted by Gasteiger charge is -2.32. The first kappa shape index (κ1) is 29.2. The van der Waals surface area contributed by atoms with Gasteiger partial charge in [-0.15, -0.1) is 0 Å². The first-order chi connectivity index (χ1) is 20.5. The minimum Gasteiger partial charge on any atom is -0.490 e. The summed E-state index contributed by atoms with van der Waals surface area (Å²) in [6.07, 6.45) is -2.94. The van der Waals surface area contributed by atoms with E-state index in [1.165, 1.54) is 42.5 Å². The summed E-state index contributed by atoms with van der Waals surface area (Å²) in [4.78, 5) is 17.2. The summed E-state index contributed by atoms with van der Waals surface area (Å²) in [6, 6.07) is 10.9. The third kappa shape index (κ3) is 5.73. The number of alkyl halides is 3. The van der Waals surface area contributed by atoms with Crippen molar-refractivity contribution in [3.8, 4) is 22.8 Å². The Hall–Kier alpha value is -3.90. The standard InChI is InChI=1S/C31H32F4N4O4/c1-29(15-36-14-18-2-3-18)17-43-27-22(29)13-25(39-26(27)19-4-7-21(32)8-5-19)30(41,31(33,34)35)16-38-28(40)20-6-9-23-24(12-20)42-11-10-37-23/h4-9,12-13,18,36-37,41H,2-3,10-11,14-17H2,1H3,(H,38,40)/t29-,30-/m0/s1. The molecule has 228 valence electrons. The maximum absolute atomic E-state index is 14.7. The van der Waals surface area contributed by atoms with E-state index in [9.17, 15) is 27.5 Å². The van der Waals surface area contributed by atoms with E-state index in [1.807, 2.05) is 6.92 Å². The van der Waals surface area contributed by atoms with E-state index in [0.717, 1.165) is 19.4 Å². The van der Waals surface area contributed by atoms with Gasteiger partial charge in [-0.25, -0.2) is 9.37 Å². The van der Waals surface area contributed by atoms with Crippen molar-refractivity contribution in [1.29, 1.82) is 0 Å². The Labute approximate surface area is 245 Å². The van der Waals surface area contributed by atoms with Crippen LogP contribution in [0.15, 0.2) is 48.5 Å². The summed E-state index contributed by atoms with van der Waals surface area (Å²) in [5.41, 5.74) is -3.43. The molecule has 4 N–H and O–H groups in total. The highest BCUT2D eigenvalue weighted by Crippen LogP contribution is 2.47. The Morgan fingerprint density at radius 2 is 1.91 bits per heavy atom. The molecular formula is C31H32F4N4O4. The van der Waals surface area contributed by atoms with Gasteiger partial charge in [0.2, 0.25) is 5.60 Å². The summed E-state index contributed by atoms with van der Waals surface area (Å²) in [5.74, 6) is -0.0717. The molecule has 0 unspecified atom stereocenters. The van der Waals surface area contributed by atoms with E-state index in [1.54, 1.807) is 6.07 Å². The molecule has 0 spiro atoms. The number of fused-ring (bicyclic) bond motifs is 2. The van der Waals surface area contributed by atoms with Crippen LogP contribution in [0.3, 0.4) is 0 Å². The molecule has 2 atom stereocenters. The van der Waals surface area contributed by atoms with Crippen molar-refractivity contribution in [3.05, 3.63) is 71.2 Å². The zero-order chi connectivity index (χ0) is 30.4. The van der Waals surface area contributed by atoms with Gasteiger partial charge < -0.3 is 30.5 Å². The van der Waals surface area contributed by atoms with E-state index >= 15 is 0 Å². The van der Waals surface area contributed by atoms with Gasteiger partial charge in [0.15, 0.2) is 0 Å². The van der Waals surface area contributed by atoms with Crippen molar-refractivity contribution < 1.29 is 36.9 Å². The number of carbonyl (C=O) groups excluding carboxylic acids is 1. The van der Waals surface area contributed by atoms with Gasteiger partial charge >= 0.3 is 6.18 Å². The number of hydrogen-bond acceptors (Lipinski definition) is 7. The van der Waals surface area contributed by atoms with Crippen molar-refractivity contribution in [2.24, 2.45) is 5.92 Å². The fourth-order valence-corrected chi connectivity index (χ4v) is 5.39. The third-order valence-corrected chi connectivity index (χ3v) is 8.24. The van der Waals surface area contributed by atoms with Crippen LogP contribution in [0, 0.1) is 11.7 Å². The molecule has 3 heterocycles. The molecule has 1 amide bonds. The molecule has 3 aromatic rings. The monoisotopic (exact) mass is 600 g/mol. The molecule has 8 nitrogen and oxygen atoms in total. The number of aromatic nitrogens is 1. The number of nitrogens with zero attached hydrogens (tertiary/aromatic N) is 1. The third-order valence-electron chi connectivity index (χ3n) is 8.24. The lowest BCUT2D eigenvalue weighted by atomic mass is 9.82. The van der Waals surface area contributed by atoms with Crippen molar-refractivity contribution in [2.45, 2.75) is 37.0 Å². The molecule has 6 rings (SSSR count). The van der Waals surface area contributed by atoms with Crippen molar-refractivity contribution in [3.63, 3.8) is 0 Å². The van der Waals surface area contributed by atoms with Gasteiger partial charge in [0.1, 0.15) is 29.6 Å². The van der Waals surface area contributed by atoms with E-state index in [-0.39, 0.29) is 23.6 Å². The second-order valence-corrected chi connectivity index (χ2v) is 11.7. The highest BCUT2D eigenvalue weighted by atomic mass is 19.4. The molecule has 1 fully saturated rings. The van der Waals surface area contributed by atoms with Gasteiger partial charge in [0.05, 0.1) is 24.5 Å². The van der Waals surface area contributed by atoms with Crippen LogP contribution in [0.25, 0.3) is 11.3 Å². The molecule has 1 aromatic heterocycles. The largest absolute Gasteiger partial charge is 0.490 e. The molecule has 43 heavy (non-hydrogen) atoms. The topological polar surface area (TPSA) is 105 Å². The van der Waals surface area contributed by atoms with E-state index in [4.69, 9.17) is 9.47 Å². The van der Waals surface area contributed by atoms with Crippen molar-refractivity contribution >= 4 is 11.6 Å². The molecule has 2 aliphatic heterocycles. The minimum absolute atomic E-state index is 0.0479. The number of hydrogen-bond donors (Lipinski definition) is 4. The summed E-state index contributed by atoms with van der Waals surface area (Å²) in [7, 11) is 0. The fourth-order valence-electron chi connectivity index (χ4n) is 5.39. The van der Waals surface area contributed by atoms with Gasteiger partial charge in [-0.3, -0.25) is 4.79 Å². The quantitative estimate of drug-likeness (QED) is 0.268. The first-order valence-electron chi connectivity index (χ1n) is 14.2. The highest BCUT2D eigenvalue weighted by molar-refractivity contribution is 5.95. The van der Waals surface area contributed by atoms with Crippen LogP contribution in [-0.4, -0.2) is 61.6 Å². The normalized spacial score (nSPS) is 20.6. The van der Waals surface area contributed by atoms with Gasteiger partial charge in [0.25, 0.3) is 5.91 Å². The number of benzene rings is 2. The number of amides is 1. The van der Waals surface area contributed by atoms with Crippen LogP contribution in [-0.2, 0) is 11.0 Å². The van der Waals surface area contributed by atoms with Gasteiger partial charge in [-0.05, 0) is 73.8 Å². The number of anilines is 1. The summed E-state index contributed by atoms with van der Waals surface area (Å²) >= 11 is 0. The van der Waals surface area contributed by atoms with Crippen LogP contribution >= 0.6 is 0 Å². The van der Waals surface area contributed by atoms with Crippen LogP contribution in [0.2, 0.25) is 0 Å². The van der Waals surface area contributed by atoms with E-state index < -0.39 is 41.2 Å². The molecule has 3 aliphatic rings. The Balaban J connectivity index is 1.36. The maximum atomic E-state index is 14.7. The molecule has 1 saturated carbocycles. The molecule has 1 aliphatic carbocycles. The maximum Gasteiger partial charge on any atom is 0.424 e. The lowest BCUT2D eigenvalue weighted by molar-refractivity contribution is -0.265. The molecular weight excluding hydrogens is 568 g/mol. The Kier molecular flexibility index (Phi) is 7.45. The average molecular weight is 601 g/mol. The SMILES string of the molecule is C[C@]1(CNCC2CC2)COc2c1cc([C@@](O)(CNC(=O)c1ccc3c(c1)OCCN3)C(F)(F)F)nc2-c1ccc(F)cc1. The second kappa shape index (κ2) is 11.0. The molecule has 12 heteroatoms. The number of aliphatic hydroxyl groups is 1. The summed E-state index contributed by atoms with van der Waals surface area (Å²) in [5, 5.41) is 20.1. The predicted octanol–water partition coefficient (Wildman–Crippen LogP) is 4.52. The zero-order valence-corrected chi connectivity index (χ0v) is 23.5. The van der Waals surface area contributed by atoms with E-state index in [0.29, 0.717) is 48.2 Å². The summed E-state index contributed by atoms with van der Waals surface area (Å²) < 4.78 is 69.5. The zero-order valence-electron chi connectivity index (χ0n) is 23.5. The number of rotatable bonds is 9. The molecule has 2 aromatic carbocycles. The van der Waals surface area contributed by atoms with Gasteiger partial charge in [-0.1, -0.05) is 6.92 Å². The number of nitrogens with one attached hydrogen (secondary N) is 3. The number of carbonyl (C=O) groups is 1. The number of pyridine rings is 1. The molecule has 0 bridgehead atoms. The Morgan fingerprint density at radius 1 is 1.14 bits per heavy atom. The fraction of sp³-hybridized carbons (Fsp3) is 0.419. The van der Waals surface area contributed by atoms with Crippen LogP contribution in [0.1, 0.15) is 41.4 Å². The van der Waals surface area contributed by atoms with Crippen LogP contribution < -0.4 is 25.4 Å². The molecule has 0 saturated heterocycles. The highest BCUT2D eigenvalue weighted by Gasteiger charge is 2.57. The summed E-state index contributed by atoms with van der Waals surface area (Å²) in [6.45, 7) is 3.04. The van der Waals surface area contributed by atoms with Gasteiger partial charge in [-0.2, -0.15) is 13.2 Å². The number of halogens is 4. The van der Waals surface area contributed by atoms with Crippen LogP contribution in [0.4, 0.5) is 23.2 Å². The van der Waals surface area contributed by atoms with Crippen molar-refractivity contribution in [2.75, 3.05) is 44.7 Å². The number of ether oxygens (including phenoxy) is 2. The van der Waals surface area contributed by atoms with Crippen molar-refractivity contribution in [1.82, 2.24) is 15.6 Å². The Bertz CT molecular complexity index is 1530. The van der Waals surface area contributed by atoms with Gasteiger partial charge in [0, 0.05) is 35.2 Å². The molecule has 0 radical (unpaired) electrons. The smallest absolute Gasteiger partial charge is 0.424 e. The lowest BCUT2D eigenvalue weighted by Crippen LogP contribution is -2.51.